The molecule has 0 aromatic heterocycles. The Kier molecular flexibility index (Phi) is 8.36. The molecule has 1 heterocycles. The summed E-state index contributed by atoms with van der Waals surface area (Å²) in [5.41, 5.74) is 1.94. The molecular weight excluding hydrogens is 479 g/mol. The zero-order chi connectivity index (χ0) is 26.9. The number of halogens is 5. The zero-order valence-corrected chi connectivity index (χ0v) is 20.0. The Morgan fingerprint density at radius 1 is 1.20 bits per heavy atom. The standard InChI is InChI=1S/C22H29F5N4O4/c1-11(2)31(12(3)10-28)19(33)13-8-15-16(9-14(13)22(25,26)27)35-21(4,5)20(34)30(15)7-6-29-18(32)17(23)24/h8-9,11-12,17H,6-7,10,28H2,1-5H3,(H,29,32)/t12-/m1/s1. The smallest absolute Gasteiger partial charge is 0.417 e. The van der Waals surface area contributed by atoms with Crippen LogP contribution in [-0.4, -0.2) is 66.4 Å². The molecule has 13 heteroatoms. The van der Waals surface area contributed by atoms with Crippen LogP contribution >= 0.6 is 0 Å². The summed E-state index contributed by atoms with van der Waals surface area (Å²) in [6, 6.07) is 0.474. The number of carbonyl (C=O) groups is 3. The van der Waals surface area contributed by atoms with Crippen molar-refractivity contribution in [3.8, 4) is 5.75 Å². The number of carbonyl (C=O) groups excluding carboxylic acids is 3. The van der Waals surface area contributed by atoms with Crippen molar-refractivity contribution < 1.29 is 41.1 Å². The second kappa shape index (κ2) is 10.3. The van der Waals surface area contributed by atoms with Crippen molar-refractivity contribution in [1.82, 2.24) is 10.2 Å². The number of rotatable bonds is 8. The fraction of sp³-hybridized carbons (Fsp3) is 0.591. The van der Waals surface area contributed by atoms with E-state index in [1.54, 1.807) is 20.8 Å². The van der Waals surface area contributed by atoms with Crippen LogP contribution < -0.4 is 20.7 Å². The SMILES string of the molecule is CC(C)N(C(=O)c1cc2c(cc1C(F)(F)F)OC(C)(C)C(=O)N2CCNC(=O)C(F)F)[C@H](C)CN. The summed E-state index contributed by atoms with van der Waals surface area (Å²) in [6.07, 6.45) is -8.20. The first kappa shape index (κ1) is 28.3. The van der Waals surface area contributed by atoms with Crippen molar-refractivity contribution in [3.05, 3.63) is 23.3 Å². The van der Waals surface area contributed by atoms with E-state index in [1.807, 2.05) is 5.32 Å². The number of anilines is 1. The van der Waals surface area contributed by atoms with Gasteiger partial charge in [0.25, 0.3) is 17.7 Å². The third-order valence-electron chi connectivity index (χ3n) is 5.49. The molecule has 0 saturated carbocycles. The zero-order valence-electron chi connectivity index (χ0n) is 20.0. The van der Waals surface area contributed by atoms with Gasteiger partial charge >= 0.3 is 12.6 Å². The largest absolute Gasteiger partial charge is 0.476 e. The van der Waals surface area contributed by atoms with Crippen LogP contribution in [0, 0.1) is 0 Å². The molecule has 0 radical (unpaired) electrons. The summed E-state index contributed by atoms with van der Waals surface area (Å²) >= 11 is 0. The minimum absolute atomic E-state index is 0.00194. The number of nitrogens with two attached hydrogens (primary N) is 1. The molecule has 1 aliphatic rings. The molecular formula is C22H29F5N4O4. The lowest BCUT2D eigenvalue weighted by atomic mass is 9.98. The summed E-state index contributed by atoms with van der Waals surface area (Å²) in [7, 11) is 0. The van der Waals surface area contributed by atoms with Gasteiger partial charge in [0.2, 0.25) is 0 Å². The van der Waals surface area contributed by atoms with Gasteiger partial charge < -0.3 is 25.6 Å². The van der Waals surface area contributed by atoms with Gasteiger partial charge in [0, 0.05) is 31.7 Å². The maximum absolute atomic E-state index is 14.0. The van der Waals surface area contributed by atoms with Gasteiger partial charge in [-0.25, -0.2) is 0 Å². The Balaban J connectivity index is 2.64. The Bertz CT molecular complexity index is 981. The van der Waals surface area contributed by atoms with Crippen LogP contribution in [0.2, 0.25) is 0 Å². The fourth-order valence-corrected chi connectivity index (χ4v) is 3.81. The minimum Gasteiger partial charge on any atom is -0.476 e. The van der Waals surface area contributed by atoms with E-state index in [0.29, 0.717) is 6.07 Å². The van der Waals surface area contributed by atoms with Crippen LogP contribution in [0.25, 0.3) is 0 Å². The van der Waals surface area contributed by atoms with Crippen LogP contribution in [0.1, 0.15) is 50.5 Å². The lowest BCUT2D eigenvalue weighted by Crippen LogP contribution is -2.54. The summed E-state index contributed by atoms with van der Waals surface area (Å²) in [4.78, 5) is 39.7. The van der Waals surface area contributed by atoms with Gasteiger partial charge in [0.15, 0.2) is 5.60 Å². The van der Waals surface area contributed by atoms with Gasteiger partial charge in [-0.05, 0) is 46.8 Å². The predicted octanol–water partition coefficient (Wildman–Crippen LogP) is 2.79. The highest BCUT2D eigenvalue weighted by Crippen LogP contribution is 2.44. The number of ether oxygens (including phenoxy) is 1. The Labute approximate surface area is 199 Å². The second-order valence-electron chi connectivity index (χ2n) is 8.92. The first-order valence-corrected chi connectivity index (χ1v) is 10.9. The van der Waals surface area contributed by atoms with Gasteiger partial charge in [-0.15, -0.1) is 0 Å². The van der Waals surface area contributed by atoms with Crippen molar-refractivity contribution >= 4 is 23.4 Å². The number of benzene rings is 1. The number of nitrogens with zero attached hydrogens (tertiary/aromatic N) is 2. The van der Waals surface area contributed by atoms with E-state index in [9.17, 15) is 36.3 Å². The molecule has 0 aliphatic carbocycles. The maximum atomic E-state index is 14.0. The van der Waals surface area contributed by atoms with Crippen LogP contribution in [0.15, 0.2) is 12.1 Å². The van der Waals surface area contributed by atoms with Gasteiger partial charge in [-0.3, -0.25) is 14.4 Å². The Morgan fingerprint density at radius 2 is 1.80 bits per heavy atom. The van der Waals surface area contributed by atoms with Gasteiger partial charge in [-0.2, -0.15) is 22.0 Å². The highest BCUT2D eigenvalue weighted by Gasteiger charge is 2.45. The molecule has 0 spiro atoms. The molecule has 35 heavy (non-hydrogen) atoms. The molecule has 1 aromatic carbocycles. The number of nitrogens with one attached hydrogen (secondary N) is 1. The second-order valence-corrected chi connectivity index (χ2v) is 8.92. The van der Waals surface area contributed by atoms with E-state index in [-0.39, 0.29) is 24.5 Å². The molecule has 1 aliphatic heterocycles. The lowest BCUT2D eigenvalue weighted by molar-refractivity contribution is -0.138. The Morgan fingerprint density at radius 3 is 2.29 bits per heavy atom. The molecule has 0 bridgehead atoms. The highest BCUT2D eigenvalue weighted by atomic mass is 19.4. The molecule has 196 valence electrons. The van der Waals surface area contributed by atoms with E-state index in [1.165, 1.54) is 18.7 Å². The van der Waals surface area contributed by atoms with Gasteiger partial charge in [0.05, 0.1) is 16.8 Å². The predicted molar refractivity (Wildman–Crippen MR) is 117 cm³/mol. The lowest BCUT2D eigenvalue weighted by Gasteiger charge is -2.40. The molecule has 0 saturated heterocycles. The monoisotopic (exact) mass is 508 g/mol. The normalized spacial score (nSPS) is 16.1. The summed E-state index contributed by atoms with van der Waals surface area (Å²) in [6.45, 7) is 6.77. The number of alkyl halides is 5. The average Bonchev–Trinajstić information content (AvgIpc) is 2.74. The first-order valence-electron chi connectivity index (χ1n) is 10.9. The van der Waals surface area contributed by atoms with Gasteiger partial charge in [0.1, 0.15) is 5.75 Å². The molecule has 8 nitrogen and oxygen atoms in total. The third-order valence-corrected chi connectivity index (χ3v) is 5.49. The molecule has 3 N–H and O–H groups in total. The molecule has 0 fully saturated rings. The van der Waals surface area contributed by atoms with Crippen LogP contribution in [0.4, 0.5) is 27.6 Å². The fourth-order valence-electron chi connectivity index (χ4n) is 3.81. The van der Waals surface area contributed by atoms with E-state index in [0.717, 1.165) is 11.0 Å². The topological polar surface area (TPSA) is 105 Å². The molecule has 1 aromatic rings. The summed E-state index contributed by atoms with van der Waals surface area (Å²) in [5, 5.41) is 1.94. The van der Waals surface area contributed by atoms with Crippen molar-refractivity contribution in [2.75, 3.05) is 24.5 Å². The Hall–Kier alpha value is -2.96. The van der Waals surface area contributed by atoms with E-state index in [4.69, 9.17) is 10.5 Å². The van der Waals surface area contributed by atoms with E-state index in [2.05, 4.69) is 0 Å². The van der Waals surface area contributed by atoms with Crippen LogP contribution in [0.3, 0.4) is 0 Å². The van der Waals surface area contributed by atoms with Gasteiger partial charge in [-0.1, -0.05) is 0 Å². The van der Waals surface area contributed by atoms with Crippen molar-refractivity contribution in [2.24, 2.45) is 5.73 Å². The molecule has 1 atom stereocenters. The average molecular weight is 508 g/mol. The minimum atomic E-state index is -4.93. The number of hydrogen-bond donors (Lipinski definition) is 2. The summed E-state index contributed by atoms with van der Waals surface area (Å²) < 4.78 is 72.6. The van der Waals surface area contributed by atoms with E-state index >= 15 is 0 Å². The summed E-state index contributed by atoms with van der Waals surface area (Å²) in [5.74, 6) is -3.51. The molecule has 2 rings (SSSR count). The van der Waals surface area contributed by atoms with Crippen molar-refractivity contribution in [3.63, 3.8) is 0 Å². The number of fused-ring (bicyclic) bond motifs is 1. The molecule has 0 unspecified atom stereocenters. The van der Waals surface area contributed by atoms with Crippen molar-refractivity contribution in [1.29, 1.82) is 0 Å². The quantitative estimate of drug-likeness (QED) is 0.526. The third kappa shape index (κ3) is 6.00. The number of hydrogen-bond acceptors (Lipinski definition) is 5. The van der Waals surface area contributed by atoms with Crippen molar-refractivity contribution in [2.45, 2.75) is 64.9 Å². The maximum Gasteiger partial charge on any atom is 0.417 e. The van der Waals surface area contributed by atoms with Crippen LogP contribution in [0.5, 0.6) is 5.75 Å². The van der Waals surface area contributed by atoms with E-state index < -0.39 is 65.7 Å². The highest BCUT2D eigenvalue weighted by molar-refractivity contribution is 6.05. The number of amides is 3. The van der Waals surface area contributed by atoms with Crippen LogP contribution in [-0.2, 0) is 15.8 Å². The first-order chi connectivity index (χ1) is 16.0. The molecule has 3 amide bonds.